The molecule has 122 valence electrons. The number of nitrogens with zero attached hydrogens (tertiary/aromatic N) is 2. The summed E-state index contributed by atoms with van der Waals surface area (Å²) in [6, 6.07) is 8.59. The molecule has 0 aliphatic heterocycles. The van der Waals surface area contributed by atoms with Crippen molar-refractivity contribution in [3.63, 3.8) is 0 Å². The lowest BCUT2D eigenvalue weighted by Gasteiger charge is -2.12. The smallest absolute Gasteiger partial charge is 0.236 e. The number of nitrogen functional groups attached to an aromatic ring is 2. The molecule has 0 fully saturated rings. The summed E-state index contributed by atoms with van der Waals surface area (Å²) in [5, 5.41) is 12.9. The molecule has 7 heteroatoms. The van der Waals surface area contributed by atoms with Crippen molar-refractivity contribution in [2.75, 3.05) is 16.8 Å². The lowest BCUT2D eigenvalue weighted by atomic mass is 10.1. The van der Waals surface area contributed by atoms with Crippen molar-refractivity contribution in [2.45, 2.75) is 6.04 Å². The molecule has 1 aliphatic rings. The Bertz CT molecular complexity index is 823. The number of aromatic nitrogens is 1. The van der Waals surface area contributed by atoms with Crippen LogP contribution < -0.4 is 22.5 Å². The predicted molar refractivity (Wildman–Crippen MR) is 97.8 cm³/mol. The fraction of sp³-hybridized carbons (Fsp3) is 0.0588. The summed E-state index contributed by atoms with van der Waals surface area (Å²) >= 11 is 0. The van der Waals surface area contributed by atoms with Gasteiger partial charge in [0.1, 0.15) is 5.69 Å². The molecular formula is C17H18N6O. The summed E-state index contributed by atoms with van der Waals surface area (Å²) in [4.78, 5) is 8.59. The van der Waals surface area contributed by atoms with E-state index in [1.165, 1.54) is 0 Å². The second-order valence-corrected chi connectivity index (χ2v) is 5.35. The Morgan fingerprint density at radius 1 is 1.08 bits per heavy atom. The summed E-state index contributed by atoms with van der Waals surface area (Å²) in [5.74, 6) is 0.129. The van der Waals surface area contributed by atoms with Crippen LogP contribution in [0, 0.1) is 0 Å². The molecule has 1 aliphatic carbocycles. The van der Waals surface area contributed by atoms with E-state index >= 15 is 0 Å². The Morgan fingerprint density at radius 3 is 2.42 bits per heavy atom. The van der Waals surface area contributed by atoms with Crippen molar-refractivity contribution < 1.29 is 5.11 Å². The highest BCUT2D eigenvalue weighted by Gasteiger charge is 2.11. The van der Waals surface area contributed by atoms with Crippen LogP contribution in [0.3, 0.4) is 0 Å². The monoisotopic (exact) mass is 322 g/mol. The van der Waals surface area contributed by atoms with Crippen LogP contribution in [0.5, 0.6) is 5.88 Å². The third-order valence-corrected chi connectivity index (χ3v) is 3.41. The maximum Gasteiger partial charge on any atom is 0.236 e. The molecule has 0 unspecified atom stereocenters. The van der Waals surface area contributed by atoms with Crippen molar-refractivity contribution in [1.29, 1.82) is 0 Å². The van der Waals surface area contributed by atoms with E-state index < -0.39 is 0 Å². The first-order valence-electron chi connectivity index (χ1n) is 7.34. The number of benzene rings is 1. The topological polar surface area (TPSA) is 136 Å². The number of rotatable bonds is 3. The zero-order valence-corrected chi connectivity index (χ0v) is 12.8. The summed E-state index contributed by atoms with van der Waals surface area (Å²) in [5.41, 5.74) is 20.0. The summed E-state index contributed by atoms with van der Waals surface area (Å²) in [7, 11) is 0. The van der Waals surface area contributed by atoms with Crippen LogP contribution >= 0.6 is 0 Å². The molecule has 3 rings (SSSR count). The summed E-state index contributed by atoms with van der Waals surface area (Å²) in [6.07, 6.45) is 7.31. The third kappa shape index (κ3) is 3.53. The van der Waals surface area contributed by atoms with E-state index in [2.05, 4.69) is 15.3 Å². The number of allylic oxidation sites excluding steroid dienone is 2. The van der Waals surface area contributed by atoms with Gasteiger partial charge in [0, 0.05) is 17.4 Å². The van der Waals surface area contributed by atoms with E-state index in [4.69, 9.17) is 17.2 Å². The zero-order chi connectivity index (χ0) is 17.1. The van der Waals surface area contributed by atoms with Crippen LogP contribution in [0.4, 0.5) is 28.6 Å². The van der Waals surface area contributed by atoms with Crippen LogP contribution in [0.2, 0.25) is 0 Å². The van der Waals surface area contributed by atoms with Gasteiger partial charge in [-0.1, -0.05) is 12.2 Å². The van der Waals surface area contributed by atoms with E-state index in [0.29, 0.717) is 22.9 Å². The largest absolute Gasteiger partial charge is 0.492 e. The second-order valence-electron chi connectivity index (χ2n) is 5.35. The Kier molecular flexibility index (Phi) is 4.17. The van der Waals surface area contributed by atoms with Gasteiger partial charge in [0.15, 0.2) is 5.82 Å². The minimum Gasteiger partial charge on any atom is -0.492 e. The molecule has 0 spiro atoms. The molecule has 0 bridgehead atoms. The minimum atomic E-state index is -0.256. The Hall–Kier alpha value is -3.32. The lowest BCUT2D eigenvalue weighted by molar-refractivity contribution is 0.457. The van der Waals surface area contributed by atoms with Gasteiger partial charge in [0.05, 0.1) is 11.4 Å². The van der Waals surface area contributed by atoms with Crippen LogP contribution in [-0.4, -0.2) is 21.8 Å². The fourth-order valence-electron chi connectivity index (χ4n) is 2.14. The maximum atomic E-state index is 9.80. The van der Waals surface area contributed by atoms with Crippen LogP contribution in [-0.2, 0) is 0 Å². The average Bonchev–Trinajstić information content (AvgIpc) is 2.56. The van der Waals surface area contributed by atoms with Gasteiger partial charge in [-0.3, -0.25) is 0 Å². The molecule has 0 atom stereocenters. The molecular weight excluding hydrogens is 304 g/mol. The second kappa shape index (κ2) is 6.43. The van der Waals surface area contributed by atoms with Gasteiger partial charge >= 0.3 is 0 Å². The van der Waals surface area contributed by atoms with Gasteiger partial charge in [-0.25, -0.2) is 4.99 Å². The highest BCUT2D eigenvalue weighted by atomic mass is 16.3. The molecule has 0 saturated heterocycles. The van der Waals surface area contributed by atoms with Gasteiger partial charge in [0.2, 0.25) is 5.88 Å². The van der Waals surface area contributed by atoms with Gasteiger partial charge in [0.25, 0.3) is 0 Å². The van der Waals surface area contributed by atoms with Crippen molar-refractivity contribution >= 4 is 34.3 Å². The zero-order valence-electron chi connectivity index (χ0n) is 12.8. The van der Waals surface area contributed by atoms with Crippen molar-refractivity contribution in [2.24, 2.45) is 10.7 Å². The van der Waals surface area contributed by atoms with Crippen molar-refractivity contribution in [3.8, 4) is 5.88 Å². The van der Waals surface area contributed by atoms with E-state index in [0.717, 1.165) is 5.69 Å². The predicted octanol–water partition coefficient (Wildman–Crippen LogP) is 2.22. The number of anilines is 4. The summed E-state index contributed by atoms with van der Waals surface area (Å²) < 4.78 is 0. The van der Waals surface area contributed by atoms with Gasteiger partial charge in [-0.2, -0.15) is 4.98 Å². The molecule has 2 aromatic rings. The highest BCUT2D eigenvalue weighted by molar-refractivity contribution is 6.07. The number of pyridine rings is 1. The molecule has 1 aromatic heterocycles. The average molecular weight is 322 g/mol. The lowest BCUT2D eigenvalue weighted by Crippen LogP contribution is -2.16. The van der Waals surface area contributed by atoms with Crippen LogP contribution in [0.15, 0.2) is 59.6 Å². The van der Waals surface area contributed by atoms with E-state index in [9.17, 15) is 5.11 Å². The first-order chi connectivity index (χ1) is 11.5. The Morgan fingerprint density at radius 2 is 1.75 bits per heavy atom. The van der Waals surface area contributed by atoms with E-state index in [1.54, 1.807) is 30.3 Å². The van der Waals surface area contributed by atoms with E-state index in [-0.39, 0.29) is 17.6 Å². The normalized spacial score (nSPS) is 16.2. The van der Waals surface area contributed by atoms with E-state index in [1.807, 2.05) is 24.3 Å². The van der Waals surface area contributed by atoms with Crippen molar-refractivity contribution in [3.05, 3.63) is 54.6 Å². The highest BCUT2D eigenvalue weighted by Crippen LogP contribution is 2.33. The quantitative estimate of drug-likeness (QED) is 0.550. The third-order valence-electron chi connectivity index (χ3n) is 3.41. The molecule has 0 saturated carbocycles. The first kappa shape index (κ1) is 15.6. The van der Waals surface area contributed by atoms with Crippen LogP contribution in [0.1, 0.15) is 0 Å². The number of aliphatic imine (C=N–C) groups is 1. The molecule has 7 nitrogen and oxygen atoms in total. The van der Waals surface area contributed by atoms with Gasteiger partial charge < -0.3 is 27.6 Å². The van der Waals surface area contributed by atoms with Gasteiger partial charge in [-0.05, 0) is 42.5 Å². The maximum absolute atomic E-state index is 9.80. The number of hydrogen-bond acceptors (Lipinski definition) is 7. The van der Waals surface area contributed by atoms with Crippen molar-refractivity contribution in [1.82, 2.24) is 4.98 Å². The molecule has 0 amide bonds. The number of aromatic hydroxyl groups is 1. The molecule has 1 heterocycles. The number of nitrogens with one attached hydrogen (secondary N) is 1. The molecule has 1 aromatic carbocycles. The fourth-order valence-corrected chi connectivity index (χ4v) is 2.14. The number of hydrogen-bond donors (Lipinski definition) is 5. The van der Waals surface area contributed by atoms with Crippen LogP contribution in [0.25, 0.3) is 0 Å². The Balaban J connectivity index is 1.97. The molecule has 0 radical (unpaired) electrons. The molecule has 8 N–H and O–H groups in total. The van der Waals surface area contributed by atoms with Gasteiger partial charge in [-0.15, -0.1) is 0 Å². The number of nitrogens with two attached hydrogens (primary N) is 3. The first-order valence-corrected chi connectivity index (χ1v) is 7.34. The standard InChI is InChI=1S/C17H18N6O/c18-10-1-5-12(6-2-10)21-15-9-14(20)17(24)23-16(15)22-13-7-3-11(19)4-8-13/h1-10H,18-20H2,(H2,22,23,24). The SMILES string of the molecule is Nc1ccc(Nc2nc(O)c(N)cc2N=C2C=CC(N)C=C2)cc1. The summed E-state index contributed by atoms with van der Waals surface area (Å²) in [6.45, 7) is 0. The Labute approximate surface area is 139 Å². The molecule has 24 heavy (non-hydrogen) atoms. The minimum absolute atomic E-state index is 0.112.